The zero-order chi connectivity index (χ0) is 33.5. The fourth-order valence-corrected chi connectivity index (χ4v) is 7.37. The fourth-order valence-electron chi connectivity index (χ4n) is 7.37. The molecule has 1 heterocycles. The molecule has 7 atom stereocenters. The van der Waals surface area contributed by atoms with E-state index in [1.165, 1.54) is 14.0 Å². The first-order chi connectivity index (χ1) is 22.5. The Morgan fingerprint density at radius 2 is 1.85 bits per heavy atom. The van der Waals surface area contributed by atoms with Gasteiger partial charge in [-0.3, -0.25) is 19.2 Å². The number of ketones is 3. The van der Waals surface area contributed by atoms with Gasteiger partial charge >= 0.3 is 5.97 Å². The minimum Gasteiger partial charge on any atom is -0.496 e. The van der Waals surface area contributed by atoms with Gasteiger partial charge in [-0.2, -0.15) is 0 Å². The maximum atomic E-state index is 13.8. The maximum absolute atomic E-state index is 13.8. The third-order valence-electron chi connectivity index (χ3n) is 10.1. The molecule has 1 saturated heterocycles. The molecular weight excluding hydrogens is 604 g/mol. The number of Topliss-reactive ketones (excluding diaryl/α,β-unsaturated/α-hetero) is 1. The van der Waals surface area contributed by atoms with Crippen molar-refractivity contribution in [3.63, 3.8) is 0 Å². The topological polar surface area (TPSA) is 146 Å². The predicted molar refractivity (Wildman–Crippen MR) is 169 cm³/mol. The van der Waals surface area contributed by atoms with E-state index in [0.29, 0.717) is 16.9 Å². The van der Waals surface area contributed by atoms with Gasteiger partial charge < -0.3 is 29.2 Å². The Morgan fingerprint density at radius 3 is 2.62 bits per heavy atom. The van der Waals surface area contributed by atoms with Gasteiger partial charge in [0, 0.05) is 41.9 Å². The van der Waals surface area contributed by atoms with Crippen LogP contribution in [0.2, 0.25) is 0 Å². The van der Waals surface area contributed by atoms with Gasteiger partial charge in [0.15, 0.2) is 23.6 Å². The van der Waals surface area contributed by atoms with E-state index in [4.69, 9.17) is 18.9 Å². The first-order valence-corrected chi connectivity index (χ1v) is 16.5. The van der Waals surface area contributed by atoms with Crippen molar-refractivity contribution in [3.05, 3.63) is 75.9 Å². The van der Waals surface area contributed by atoms with E-state index < -0.39 is 47.9 Å². The number of aliphatic hydroxyl groups excluding tert-OH is 1. The van der Waals surface area contributed by atoms with Gasteiger partial charge in [-0.05, 0) is 74.9 Å². The smallest absolute Gasteiger partial charge is 0.306 e. The van der Waals surface area contributed by atoms with Crippen LogP contribution >= 0.6 is 0 Å². The first-order valence-electron chi connectivity index (χ1n) is 16.5. The Morgan fingerprint density at radius 1 is 1.06 bits per heavy atom. The van der Waals surface area contributed by atoms with Crippen molar-refractivity contribution in [1.29, 1.82) is 0 Å². The number of allylic oxidation sites excluding steroid dienone is 1. The summed E-state index contributed by atoms with van der Waals surface area (Å²) in [6.07, 6.45) is 5.20. The second-order valence-electron chi connectivity index (χ2n) is 13.3. The Balaban J connectivity index is 1.26. The van der Waals surface area contributed by atoms with Crippen molar-refractivity contribution >= 4 is 23.3 Å². The number of ether oxygens (including phenoxy) is 4. The monoisotopic (exact) mass is 646 g/mol. The SMILES string of the molecule is COc1cccc2c1C(=O)c1cc3c(cc1C2=O)C[C@@](O)(C(C)=O)C[C@@H]3O[C@H]1C[C@@H](CC(=O)OC2/C=C/CCCCC2)[C@H](O)[C@H](C)O1. The van der Waals surface area contributed by atoms with Crippen LogP contribution in [0.1, 0.15) is 114 Å². The molecule has 0 radical (unpaired) electrons. The van der Waals surface area contributed by atoms with E-state index in [1.54, 1.807) is 37.3 Å². The number of fused-ring (bicyclic) bond motifs is 3. The molecule has 2 aromatic carbocycles. The number of aliphatic hydroxyl groups is 2. The van der Waals surface area contributed by atoms with Gasteiger partial charge in [0.2, 0.25) is 0 Å². The van der Waals surface area contributed by atoms with Crippen molar-refractivity contribution in [2.45, 2.75) is 108 Å². The lowest BCUT2D eigenvalue weighted by Gasteiger charge is -2.42. The van der Waals surface area contributed by atoms with Gasteiger partial charge in [-0.1, -0.05) is 24.6 Å². The zero-order valence-corrected chi connectivity index (χ0v) is 27.0. The molecule has 0 saturated carbocycles. The van der Waals surface area contributed by atoms with E-state index in [1.807, 2.05) is 12.2 Å². The first kappa shape index (κ1) is 33.2. The molecule has 250 valence electrons. The van der Waals surface area contributed by atoms with E-state index >= 15 is 0 Å². The molecule has 4 aliphatic rings. The number of esters is 1. The average molecular weight is 647 g/mol. The third-order valence-corrected chi connectivity index (χ3v) is 10.1. The molecule has 47 heavy (non-hydrogen) atoms. The van der Waals surface area contributed by atoms with Crippen molar-refractivity contribution in [2.75, 3.05) is 7.11 Å². The standard InChI is InChI=1S/C37H42O10/c1-20-34(40)22(15-31(39)46-24-10-7-5-4-6-8-11-24)16-32(45-20)47-30-19-37(43,21(2)38)18-23-14-27-28(17-26(23)30)36(42)33-25(35(27)41)12-9-13-29(33)44-3/h7,9-10,12-14,17,20,22,24,30,32,34,40,43H,4-6,8,11,15-16,18-19H2,1-3H3/b10-7+/t20-,22+,24?,30-,32-,34+,37-/m0/s1. The van der Waals surface area contributed by atoms with Crippen LogP contribution < -0.4 is 4.74 Å². The second-order valence-corrected chi connectivity index (χ2v) is 13.3. The van der Waals surface area contributed by atoms with Gasteiger partial charge in [0.25, 0.3) is 0 Å². The van der Waals surface area contributed by atoms with E-state index in [9.17, 15) is 29.4 Å². The molecule has 10 heteroatoms. The largest absolute Gasteiger partial charge is 0.496 e. The zero-order valence-electron chi connectivity index (χ0n) is 27.0. The number of benzene rings is 2. The van der Waals surface area contributed by atoms with Gasteiger partial charge in [-0.15, -0.1) is 0 Å². The van der Waals surface area contributed by atoms with Crippen LogP contribution in [0.15, 0.2) is 42.5 Å². The van der Waals surface area contributed by atoms with Crippen molar-refractivity contribution < 1.29 is 48.3 Å². The highest BCUT2D eigenvalue weighted by atomic mass is 16.7. The quantitative estimate of drug-likeness (QED) is 0.273. The summed E-state index contributed by atoms with van der Waals surface area (Å²) in [4.78, 5) is 53.1. The number of rotatable bonds is 7. The van der Waals surface area contributed by atoms with Crippen molar-refractivity contribution in [3.8, 4) is 5.75 Å². The summed E-state index contributed by atoms with van der Waals surface area (Å²) >= 11 is 0. The maximum Gasteiger partial charge on any atom is 0.306 e. The minimum absolute atomic E-state index is 0.0247. The Bertz CT molecular complexity index is 1610. The molecule has 0 bridgehead atoms. The fraction of sp³-hybridized carbons (Fsp3) is 0.514. The van der Waals surface area contributed by atoms with E-state index in [-0.39, 0.29) is 65.6 Å². The summed E-state index contributed by atoms with van der Waals surface area (Å²) < 4.78 is 23.6. The molecule has 3 aliphatic carbocycles. The van der Waals surface area contributed by atoms with Crippen molar-refractivity contribution in [1.82, 2.24) is 0 Å². The highest BCUT2D eigenvalue weighted by Crippen LogP contribution is 2.44. The molecule has 10 nitrogen and oxygen atoms in total. The normalized spacial score (nSPS) is 31.0. The lowest BCUT2D eigenvalue weighted by atomic mass is 9.73. The second kappa shape index (κ2) is 13.4. The summed E-state index contributed by atoms with van der Waals surface area (Å²) in [5.41, 5.74) is 0.0805. The van der Waals surface area contributed by atoms with Gasteiger partial charge in [0.1, 0.15) is 17.5 Å². The summed E-state index contributed by atoms with van der Waals surface area (Å²) in [5.74, 6) is -1.81. The van der Waals surface area contributed by atoms with E-state index in [2.05, 4.69) is 0 Å². The van der Waals surface area contributed by atoms with Crippen LogP contribution in [-0.2, 0) is 30.2 Å². The van der Waals surface area contributed by atoms with Gasteiger partial charge in [-0.25, -0.2) is 0 Å². The highest BCUT2D eigenvalue weighted by Gasteiger charge is 2.46. The molecule has 2 N–H and O–H groups in total. The Labute approximate surface area is 274 Å². The molecule has 0 aromatic heterocycles. The lowest BCUT2D eigenvalue weighted by Crippen LogP contribution is -2.48. The highest BCUT2D eigenvalue weighted by molar-refractivity contribution is 6.29. The lowest BCUT2D eigenvalue weighted by molar-refractivity contribution is -0.257. The summed E-state index contributed by atoms with van der Waals surface area (Å²) in [5, 5.41) is 22.4. The number of methoxy groups -OCH3 is 1. The van der Waals surface area contributed by atoms with Crippen molar-refractivity contribution in [2.24, 2.45) is 5.92 Å². The number of carbonyl (C=O) groups is 4. The molecule has 0 spiro atoms. The summed E-state index contributed by atoms with van der Waals surface area (Å²) in [6, 6.07) is 8.05. The number of hydrogen-bond acceptors (Lipinski definition) is 10. The molecule has 1 fully saturated rings. The molecule has 0 amide bonds. The van der Waals surface area contributed by atoms with Crippen LogP contribution in [0.3, 0.4) is 0 Å². The number of hydrogen-bond donors (Lipinski definition) is 2. The summed E-state index contributed by atoms with van der Waals surface area (Å²) in [6.45, 7) is 3.00. The third kappa shape index (κ3) is 6.56. The molecule has 2 aromatic rings. The minimum atomic E-state index is -1.77. The predicted octanol–water partition coefficient (Wildman–Crippen LogP) is 4.73. The Kier molecular flexibility index (Phi) is 9.49. The molecule has 1 aliphatic heterocycles. The van der Waals surface area contributed by atoms with Crippen LogP contribution in [0.25, 0.3) is 0 Å². The molecular formula is C37H42O10. The summed E-state index contributed by atoms with van der Waals surface area (Å²) in [7, 11) is 1.44. The molecule has 1 unspecified atom stereocenters. The van der Waals surface area contributed by atoms with Gasteiger partial charge in [0.05, 0.1) is 37.4 Å². The molecule has 6 rings (SSSR count). The average Bonchev–Trinajstić information content (AvgIpc) is 3.02. The van der Waals surface area contributed by atoms with Crippen LogP contribution in [0, 0.1) is 5.92 Å². The van der Waals surface area contributed by atoms with Crippen LogP contribution in [-0.4, -0.2) is 70.8 Å². The number of carbonyl (C=O) groups excluding carboxylic acids is 4. The van der Waals surface area contributed by atoms with Crippen LogP contribution in [0.5, 0.6) is 5.75 Å². The van der Waals surface area contributed by atoms with E-state index in [0.717, 1.165) is 32.1 Å². The van der Waals surface area contributed by atoms with Crippen LogP contribution in [0.4, 0.5) is 0 Å². The Hall–Kier alpha value is -3.70.